The van der Waals surface area contributed by atoms with Gasteiger partial charge >= 0.3 is 0 Å². The highest BCUT2D eigenvalue weighted by atomic mass is 16.1. The average molecular weight is 218 g/mol. The van der Waals surface area contributed by atoms with Crippen molar-refractivity contribution in [2.24, 2.45) is 0 Å². The predicted molar refractivity (Wildman–Crippen MR) is 64.3 cm³/mol. The van der Waals surface area contributed by atoms with E-state index in [4.69, 9.17) is 0 Å². The van der Waals surface area contributed by atoms with Crippen LogP contribution in [0.15, 0.2) is 30.3 Å². The van der Waals surface area contributed by atoms with Gasteiger partial charge in [0, 0.05) is 26.2 Å². The van der Waals surface area contributed by atoms with E-state index in [0.29, 0.717) is 0 Å². The van der Waals surface area contributed by atoms with Crippen molar-refractivity contribution in [2.45, 2.75) is 6.04 Å². The molecule has 3 heteroatoms. The molecule has 1 aliphatic heterocycles. The Balaban J connectivity index is 2.08. The second kappa shape index (κ2) is 5.23. The number of rotatable bonds is 3. The molecule has 0 amide bonds. The smallest absolute Gasteiger partial charge is 0.141 e. The highest BCUT2D eigenvalue weighted by Crippen LogP contribution is 2.19. The second-order valence-corrected chi connectivity index (χ2v) is 4.33. The van der Waals surface area contributed by atoms with Crippen LogP contribution < -0.4 is 0 Å². The second-order valence-electron chi connectivity index (χ2n) is 4.33. The molecule has 0 N–H and O–H groups in total. The van der Waals surface area contributed by atoms with E-state index in [0.717, 1.165) is 38.0 Å². The zero-order chi connectivity index (χ0) is 11.4. The average Bonchev–Trinajstić information content (AvgIpc) is 2.34. The lowest BCUT2D eigenvalue weighted by Gasteiger charge is -2.35. The van der Waals surface area contributed by atoms with Crippen molar-refractivity contribution < 1.29 is 4.79 Å². The van der Waals surface area contributed by atoms with Crippen molar-refractivity contribution in [2.75, 3.05) is 33.2 Å². The van der Waals surface area contributed by atoms with Crippen molar-refractivity contribution in [3.63, 3.8) is 0 Å². The van der Waals surface area contributed by atoms with Crippen molar-refractivity contribution in [1.29, 1.82) is 0 Å². The van der Waals surface area contributed by atoms with Crippen LogP contribution in [0.4, 0.5) is 0 Å². The molecule has 0 aromatic heterocycles. The molecule has 86 valence electrons. The maximum absolute atomic E-state index is 11.2. The number of carbonyl (C=O) groups is 1. The lowest BCUT2D eigenvalue weighted by molar-refractivity contribution is -0.113. The Labute approximate surface area is 96.7 Å². The monoisotopic (exact) mass is 218 g/mol. The topological polar surface area (TPSA) is 23.6 Å². The molecule has 1 heterocycles. The lowest BCUT2D eigenvalue weighted by Crippen LogP contribution is -2.46. The summed E-state index contributed by atoms with van der Waals surface area (Å²) in [7, 11) is 2.12. The molecule has 3 nitrogen and oxygen atoms in total. The molecule has 1 aromatic rings. The first-order valence-corrected chi connectivity index (χ1v) is 5.74. The van der Waals surface area contributed by atoms with Crippen LogP contribution in [0.25, 0.3) is 0 Å². The van der Waals surface area contributed by atoms with Crippen LogP contribution in [-0.2, 0) is 4.79 Å². The Morgan fingerprint density at radius 1 is 1.12 bits per heavy atom. The maximum atomic E-state index is 11.2. The summed E-state index contributed by atoms with van der Waals surface area (Å²) in [6.45, 7) is 4.01. The van der Waals surface area contributed by atoms with Crippen molar-refractivity contribution in [1.82, 2.24) is 9.80 Å². The van der Waals surface area contributed by atoms with Gasteiger partial charge in [-0.25, -0.2) is 0 Å². The van der Waals surface area contributed by atoms with Gasteiger partial charge in [-0.05, 0) is 12.6 Å². The Morgan fingerprint density at radius 2 is 1.75 bits per heavy atom. The minimum Gasteiger partial charge on any atom is -0.304 e. The normalized spacial score (nSPS) is 20.6. The molecule has 1 aromatic carbocycles. The summed E-state index contributed by atoms with van der Waals surface area (Å²) in [5, 5.41) is 0. The van der Waals surface area contributed by atoms with Gasteiger partial charge in [0.05, 0.1) is 6.04 Å². The first-order valence-electron chi connectivity index (χ1n) is 5.74. The van der Waals surface area contributed by atoms with Gasteiger partial charge in [0.2, 0.25) is 0 Å². The third kappa shape index (κ3) is 2.49. The van der Waals surface area contributed by atoms with Crippen LogP contribution in [-0.4, -0.2) is 49.3 Å². The van der Waals surface area contributed by atoms with Crippen molar-refractivity contribution in [3.8, 4) is 0 Å². The van der Waals surface area contributed by atoms with Gasteiger partial charge in [0.25, 0.3) is 0 Å². The van der Waals surface area contributed by atoms with Gasteiger partial charge in [-0.2, -0.15) is 0 Å². The predicted octanol–water partition coefficient (Wildman–Crippen LogP) is 1.17. The minimum absolute atomic E-state index is 0.0742. The fourth-order valence-electron chi connectivity index (χ4n) is 2.13. The number of carbonyl (C=O) groups excluding carboxylic acids is 1. The first-order chi connectivity index (χ1) is 7.81. The number of hydrogen-bond acceptors (Lipinski definition) is 3. The van der Waals surface area contributed by atoms with E-state index in [1.54, 1.807) is 0 Å². The first kappa shape index (κ1) is 11.3. The summed E-state index contributed by atoms with van der Waals surface area (Å²) in [4.78, 5) is 15.8. The van der Waals surface area contributed by atoms with Crippen LogP contribution in [0, 0.1) is 0 Å². The van der Waals surface area contributed by atoms with Crippen LogP contribution in [0.1, 0.15) is 11.6 Å². The number of aldehydes is 1. The SMILES string of the molecule is CN1CCN(C(C=O)c2ccccc2)CC1. The molecule has 1 aliphatic rings. The molecule has 1 unspecified atom stereocenters. The van der Waals surface area contributed by atoms with Crippen molar-refractivity contribution >= 4 is 6.29 Å². The Bertz CT molecular complexity index is 331. The lowest BCUT2D eigenvalue weighted by atomic mass is 10.1. The number of nitrogens with zero attached hydrogens (tertiary/aromatic N) is 2. The Hall–Kier alpha value is -1.19. The minimum atomic E-state index is -0.0742. The van der Waals surface area contributed by atoms with Gasteiger partial charge in [-0.15, -0.1) is 0 Å². The Morgan fingerprint density at radius 3 is 2.31 bits per heavy atom. The van der Waals surface area contributed by atoms with Crippen LogP contribution in [0.3, 0.4) is 0 Å². The zero-order valence-electron chi connectivity index (χ0n) is 9.67. The molecule has 0 spiro atoms. The summed E-state index contributed by atoms with van der Waals surface area (Å²) >= 11 is 0. The summed E-state index contributed by atoms with van der Waals surface area (Å²) in [6.07, 6.45) is 1.06. The van der Waals surface area contributed by atoms with E-state index in [1.165, 1.54) is 0 Å². The standard InChI is InChI=1S/C13H18N2O/c1-14-7-9-15(10-8-14)13(11-16)12-5-3-2-4-6-12/h2-6,11,13H,7-10H2,1H3. The van der Waals surface area contributed by atoms with Crippen LogP contribution in [0.5, 0.6) is 0 Å². The van der Waals surface area contributed by atoms with E-state index in [2.05, 4.69) is 16.8 Å². The molecule has 1 saturated heterocycles. The van der Waals surface area contributed by atoms with E-state index in [1.807, 2.05) is 30.3 Å². The third-order valence-corrected chi connectivity index (χ3v) is 3.20. The molecule has 1 fully saturated rings. The number of benzene rings is 1. The molecule has 1 atom stereocenters. The highest BCUT2D eigenvalue weighted by Gasteiger charge is 2.22. The van der Waals surface area contributed by atoms with Crippen molar-refractivity contribution in [3.05, 3.63) is 35.9 Å². The number of piperazine rings is 1. The van der Waals surface area contributed by atoms with E-state index in [9.17, 15) is 4.79 Å². The van der Waals surface area contributed by atoms with Crippen LogP contribution in [0.2, 0.25) is 0 Å². The Kier molecular flexibility index (Phi) is 3.70. The zero-order valence-corrected chi connectivity index (χ0v) is 9.67. The van der Waals surface area contributed by atoms with Gasteiger partial charge in [0.15, 0.2) is 0 Å². The van der Waals surface area contributed by atoms with E-state index in [-0.39, 0.29) is 6.04 Å². The summed E-state index contributed by atoms with van der Waals surface area (Å²) in [5.74, 6) is 0. The maximum Gasteiger partial charge on any atom is 0.141 e. The van der Waals surface area contributed by atoms with E-state index < -0.39 is 0 Å². The van der Waals surface area contributed by atoms with Crippen LogP contribution >= 0.6 is 0 Å². The molecule has 16 heavy (non-hydrogen) atoms. The van der Waals surface area contributed by atoms with E-state index >= 15 is 0 Å². The molecule has 0 saturated carbocycles. The summed E-state index contributed by atoms with van der Waals surface area (Å²) < 4.78 is 0. The summed E-state index contributed by atoms with van der Waals surface area (Å²) in [6, 6.07) is 9.93. The molecule has 0 bridgehead atoms. The van der Waals surface area contributed by atoms with Gasteiger partial charge < -0.3 is 9.69 Å². The van der Waals surface area contributed by atoms with Gasteiger partial charge in [-0.1, -0.05) is 30.3 Å². The third-order valence-electron chi connectivity index (χ3n) is 3.20. The largest absolute Gasteiger partial charge is 0.304 e. The summed E-state index contributed by atoms with van der Waals surface area (Å²) in [5.41, 5.74) is 1.10. The molecular formula is C13H18N2O. The quantitative estimate of drug-likeness (QED) is 0.712. The van der Waals surface area contributed by atoms with Gasteiger partial charge in [0.1, 0.15) is 6.29 Å². The highest BCUT2D eigenvalue weighted by molar-refractivity contribution is 5.61. The molecule has 0 aliphatic carbocycles. The fourth-order valence-corrected chi connectivity index (χ4v) is 2.13. The number of likely N-dealkylation sites (N-methyl/N-ethyl adjacent to an activating group) is 1. The van der Waals surface area contributed by atoms with Gasteiger partial charge in [-0.3, -0.25) is 4.90 Å². The molecular weight excluding hydrogens is 200 g/mol. The molecule has 0 radical (unpaired) electrons. The fraction of sp³-hybridized carbons (Fsp3) is 0.462. The molecule has 2 rings (SSSR count). The number of hydrogen-bond donors (Lipinski definition) is 0.